The van der Waals surface area contributed by atoms with E-state index in [9.17, 15) is 13.2 Å². The lowest BCUT2D eigenvalue weighted by Crippen LogP contribution is -2.43. The van der Waals surface area contributed by atoms with Gasteiger partial charge in [0.15, 0.2) is 11.5 Å². The molecule has 0 fully saturated rings. The molecule has 0 saturated carbocycles. The molecule has 1 amide bonds. The third-order valence-electron chi connectivity index (χ3n) is 2.56. The first-order valence-corrected chi connectivity index (χ1v) is 7.21. The number of nitrogens with two attached hydrogens (primary N) is 1. The molecule has 1 unspecified atom stereocenters. The van der Waals surface area contributed by atoms with Crippen LogP contribution >= 0.6 is 0 Å². The fourth-order valence-corrected chi connectivity index (χ4v) is 2.79. The van der Waals surface area contributed by atoms with Crippen molar-refractivity contribution < 1.29 is 22.7 Å². The molecule has 0 aromatic heterocycles. The van der Waals surface area contributed by atoms with Crippen molar-refractivity contribution in [2.45, 2.75) is 12.4 Å². The van der Waals surface area contributed by atoms with Crippen LogP contribution in [0.2, 0.25) is 0 Å². The van der Waals surface area contributed by atoms with Crippen LogP contribution < -0.4 is 19.9 Å². The first-order chi connectivity index (χ1) is 8.95. The minimum absolute atomic E-state index is 0.164. The normalized spacial score (nSPS) is 18.1. The summed E-state index contributed by atoms with van der Waals surface area (Å²) in [5, 5.41) is 0. The Morgan fingerprint density at radius 3 is 2.89 bits per heavy atom. The molecule has 104 valence electrons. The van der Waals surface area contributed by atoms with E-state index in [1.54, 1.807) is 13.0 Å². The molecule has 1 aliphatic rings. The van der Waals surface area contributed by atoms with Crippen LogP contribution in [0, 0.1) is 0 Å². The number of hydrogen-bond acceptors (Lipinski definition) is 5. The number of rotatable bonds is 4. The molecule has 0 radical (unpaired) electrons. The molecule has 1 aromatic rings. The van der Waals surface area contributed by atoms with Crippen molar-refractivity contribution in [3.05, 3.63) is 23.8 Å². The molecule has 1 atom stereocenters. The number of ether oxygens (including phenoxy) is 2. The molecular weight excluding hydrogens is 272 g/mol. The van der Waals surface area contributed by atoms with Gasteiger partial charge in [-0.1, -0.05) is 13.0 Å². The molecule has 19 heavy (non-hydrogen) atoms. The lowest BCUT2D eigenvalue weighted by atomic mass is 10.1. The van der Waals surface area contributed by atoms with Crippen LogP contribution in [0.25, 0.3) is 0 Å². The van der Waals surface area contributed by atoms with Crippen molar-refractivity contribution in [2.75, 3.05) is 13.2 Å². The van der Waals surface area contributed by atoms with Crippen LogP contribution in [0.1, 0.15) is 17.3 Å². The number of amides is 1. The Kier molecular flexibility index (Phi) is 3.63. The summed E-state index contributed by atoms with van der Waals surface area (Å²) in [5.74, 6) is -0.291. The van der Waals surface area contributed by atoms with Gasteiger partial charge in [-0.3, -0.25) is 4.79 Å². The van der Waals surface area contributed by atoms with E-state index in [-0.39, 0.29) is 30.2 Å². The average molecular weight is 286 g/mol. The zero-order valence-corrected chi connectivity index (χ0v) is 11.1. The number of sulfonamides is 1. The number of benzene rings is 1. The molecular formula is C11H14N2O5S. The van der Waals surface area contributed by atoms with E-state index in [2.05, 4.69) is 4.72 Å². The van der Waals surface area contributed by atoms with Crippen LogP contribution in [0.4, 0.5) is 0 Å². The Balaban J connectivity index is 2.31. The molecule has 0 spiro atoms. The van der Waals surface area contributed by atoms with E-state index in [4.69, 9.17) is 15.2 Å². The van der Waals surface area contributed by atoms with Crippen molar-refractivity contribution in [1.82, 2.24) is 4.72 Å². The lowest BCUT2D eigenvalue weighted by Gasteiger charge is -2.27. The zero-order chi connectivity index (χ0) is 14.0. The maximum Gasteiger partial charge on any atom is 0.253 e. The second-order valence-corrected chi connectivity index (χ2v) is 5.80. The molecule has 0 bridgehead atoms. The smallest absolute Gasteiger partial charge is 0.253 e. The second kappa shape index (κ2) is 5.06. The maximum absolute atomic E-state index is 11.8. The van der Waals surface area contributed by atoms with Crippen LogP contribution in [-0.4, -0.2) is 32.9 Å². The SMILES string of the molecule is CCNS(=O)(=O)C1COc2c(cccc2C(N)=O)O1. The third-order valence-corrected chi connectivity index (χ3v) is 4.17. The van der Waals surface area contributed by atoms with Gasteiger partial charge in [-0.25, -0.2) is 13.1 Å². The number of nitrogens with one attached hydrogen (secondary N) is 1. The minimum Gasteiger partial charge on any atom is -0.484 e. The molecule has 0 aliphatic carbocycles. The summed E-state index contributed by atoms with van der Waals surface area (Å²) in [6, 6.07) is 4.56. The predicted octanol–water partition coefficient (Wildman–Crippen LogP) is -0.178. The van der Waals surface area contributed by atoms with E-state index in [1.165, 1.54) is 12.1 Å². The predicted molar refractivity (Wildman–Crippen MR) is 67.5 cm³/mol. The van der Waals surface area contributed by atoms with Gasteiger partial charge in [0.25, 0.3) is 15.9 Å². The summed E-state index contributed by atoms with van der Waals surface area (Å²) in [6.45, 7) is 1.73. The summed E-state index contributed by atoms with van der Waals surface area (Å²) >= 11 is 0. The average Bonchev–Trinajstić information content (AvgIpc) is 2.37. The molecule has 7 nitrogen and oxygen atoms in total. The Morgan fingerprint density at radius 1 is 1.53 bits per heavy atom. The van der Waals surface area contributed by atoms with Gasteiger partial charge in [0.2, 0.25) is 5.44 Å². The van der Waals surface area contributed by atoms with Crippen molar-refractivity contribution in [3.8, 4) is 11.5 Å². The van der Waals surface area contributed by atoms with E-state index in [0.29, 0.717) is 0 Å². The van der Waals surface area contributed by atoms with Crippen molar-refractivity contribution in [1.29, 1.82) is 0 Å². The summed E-state index contributed by atoms with van der Waals surface area (Å²) in [5.41, 5.74) is 4.21. The highest BCUT2D eigenvalue weighted by Gasteiger charge is 2.33. The monoisotopic (exact) mass is 286 g/mol. The Hall–Kier alpha value is -1.80. The fraction of sp³-hybridized carbons (Fsp3) is 0.364. The first-order valence-electron chi connectivity index (χ1n) is 5.66. The number of para-hydroxylation sites is 1. The zero-order valence-electron chi connectivity index (χ0n) is 10.3. The molecule has 8 heteroatoms. The van der Waals surface area contributed by atoms with Gasteiger partial charge in [-0.15, -0.1) is 0 Å². The molecule has 1 aromatic carbocycles. The Morgan fingerprint density at radius 2 is 2.26 bits per heavy atom. The van der Waals surface area contributed by atoms with Gasteiger partial charge in [0, 0.05) is 6.54 Å². The molecule has 1 aliphatic heterocycles. The highest BCUT2D eigenvalue weighted by atomic mass is 32.2. The number of carbonyl (C=O) groups excluding carboxylic acids is 1. The minimum atomic E-state index is -3.62. The third kappa shape index (κ3) is 2.64. The summed E-state index contributed by atoms with van der Waals surface area (Å²) in [7, 11) is -3.62. The number of fused-ring (bicyclic) bond motifs is 1. The fourth-order valence-electron chi connectivity index (χ4n) is 1.73. The summed E-state index contributed by atoms with van der Waals surface area (Å²) in [6.07, 6.45) is 0. The lowest BCUT2D eigenvalue weighted by molar-refractivity contribution is 0.0983. The maximum atomic E-state index is 11.8. The number of carbonyl (C=O) groups is 1. The standard InChI is InChI=1S/C11H14N2O5S/c1-2-13-19(15,16)9-6-17-10-7(11(12)14)4-3-5-8(10)18-9/h3-5,9,13H,2,6H2,1H3,(H2,12,14). The molecule has 0 saturated heterocycles. The highest BCUT2D eigenvalue weighted by Crippen LogP contribution is 2.35. The van der Waals surface area contributed by atoms with Crippen molar-refractivity contribution in [2.24, 2.45) is 5.73 Å². The van der Waals surface area contributed by atoms with Gasteiger partial charge in [0.05, 0.1) is 5.56 Å². The van der Waals surface area contributed by atoms with Gasteiger partial charge < -0.3 is 15.2 Å². The van der Waals surface area contributed by atoms with Gasteiger partial charge in [0.1, 0.15) is 6.61 Å². The second-order valence-electron chi connectivity index (χ2n) is 3.90. The van der Waals surface area contributed by atoms with E-state index in [1.807, 2.05) is 0 Å². The highest BCUT2D eigenvalue weighted by molar-refractivity contribution is 7.90. The topological polar surface area (TPSA) is 108 Å². The largest absolute Gasteiger partial charge is 0.484 e. The van der Waals surface area contributed by atoms with Gasteiger partial charge in [-0.2, -0.15) is 0 Å². The Labute approximate surface area is 110 Å². The summed E-state index contributed by atoms with van der Waals surface area (Å²) < 4.78 is 36.6. The van der Waals surface area contributed by atoms with Crippen molar-refractivity contribution >= 4 is 15.9 Å². The van der Waals surface area contributed by atoms with Crippen LogP contribution in [0.15, 0.2) is 18.2 Å². The number of hydrogen-bond donors (Lipinski definition) is 2. The van der Waals surface area contributed by atoms with Crippen LogP contribution in [-0.2, 0) is 10.0 Å². The van der Waals surface area contributed by atoms with Gasteiger partial charge in [-0.05, 0) is 12.1 Å². The van der Waals surface area contributed by atoms with E-state index >= 15 is 0 Å². The molecule has 3 N–H and O–H groups in total. The molecule has 2 rings (SSSR count). The van der Waals surface area contributed by atoms with E-state index in [0.717, 1.165) is 0 Å². The summed E-state index contributed by atoms with van der Waals surface area (Å²) in [4.78, 5) is 11.2. The van der Waals surface area contributed by atoms with Crippen LogP contribution in [0.5, 0.6) is 11.5 Å². The van der Waals surface area contributed by atoms with Crippen molar-refractivity contribution in [3.63, 3.8) is 0 Å². The quantitative estimate of drug-likeness (QED) is 0.798. The number of primary amides is 1. The van der Waals surface area contributed by atoms with Crippen LogP contribution in [0.3, 0.4) is 0 Å². The van der Waals surface area contributed by atoms with Gasteiger partial charge >= 0.3 is 0 Å². The van der Waals surface area contributed by atoms with E-state index < -0.39 is 21.4 Å². The first kappa shape index (κ1) is 13.6. The molecule has 1 heterocycles. The Bertz CT molecular complexity index is 599.